The van der Waals surface area contributed by atoms with Crippen LogP contribution in [0.25, 0.3) is 0 Å². The molecule has 0 saturated heterocycles. The Hall–Kier alpha value is -2.19. The molecule has 0 aliphatic rings. The fourth-order valence-corrected chi connectivity index (χ4v) is 3.39. The molecule has 0 fully saturated rings. The highest BCUT2D eigenvalue weighted by Crippen LogP contribution is 2.22. The SMILES string of the molecule is Cc1cnc(N)nc1Nc1cccc(S(=O)(=O)NC(C)(C)C)c1. The first-order valence-corrected chi connectivity index (χ1v) is 8.55. The van der Waals surface area contributed by atoms with Crippen molar-refractivity contribution in [1.29, 1.82) is 0 Å². The molecule has 1 aromatic carbocycles. The van der Waals surface area contributed by atoms with Gasteiger partial charge in [-0.2, -0.15) is 4.98 Å². The third-order valence-electron chi connectivity index (χ3n) is 2.84. The molecule has 1 heterocycles. The lowest BCUT2D eigenvalue weighted by Gasteiger charge is -2.20. The minimum Gasteiger partial charge on any atom is -0.368 e. The van der Waals surface area contributed by atoms with Gasteiger partial charge in [0.1, 0.15) is 5.82 Å². The Bertz CT molecular complexity index is 813. The van der Waals surface area contributed by atoms with Crippen molar-refractivity contribution in [2.45, 2.75) is 38.1 Å². The van der Waals surface area contributed by atoms with Crippen molar-refractivity contribution in [3.05, 3.63) is 36.0 Å². The van der Waals surface area contributed by atoms with Crippen molar-refractivity contribution in [3.63, 3.8) is 0 Å². The fourth-order valence-electron chi connectivity index (χ4n) is 1.92. The number of benzene rings is 1. The van der Waals surface area contributed by atoms with Crippen molar-refractivity contribution >= 4 is 27.5 Å². The highest BCUT2D eigenvalue weighted by Gasteiger charge is 2.22. The van der Waals surface area contributed by atoms with Crippen LogP contribution in [0.5, 0.6) is 0 Å². The number of hydrogen-bond donors (Lipinski definition) is 3. The summed E-state index contributed by atoms with van der Waals surface area (Å²) in [6.45, 7) is 7.21. The number of nitrogens with one attached hydrogen (secondary N) is 2. The molecule has 0 bridgehead atoms. The Morgan fingerprint density at radius 2 is 1.91 bits per heavy atom. The molecule has 0 radical (unpaired) electrons. The number of anilines is 3. The van der Waals surface area contributed by atoms with Gasteiger partial charge in [-0.25, -0.2) is 18.1 Å². The predicted octanol–water partition coefficient (Wildman–Crippen LogP) is 2.19. The number of nitrogen functional groups attached to an aromatic ring is 1. The van der Waals surface area contributed by atoms with E-state index in [4.69, 9.17) is 5.73 Å². The zero-order chi connectivity index (χ0) is 17.3. The van der Waals surface area contributed by atoms with Crippen LogP contribution in [0.4, 0.5) is 17.5 Å². The number of hydrogen-bond acceptors (Lipinski definition) is 6. The van der Waals surface area contributed by atoms with Gasteiger partial charge < -0.3 is 11.1 Å². The van der Waals surface area contributed by atoms with E-state index >= 15 is 0 Å². The molecular weight excluding hydrogens is 314 g/mol. The quantitative estimate of drug-likeness (QED) is 0.790. The lowest BCUT2D eigenvalue weighted by Crippen LogP contribution is -2.40. The summed E-state index contributed by atoms with van der Waals surface area (Å²) in [5.74, 6) is 0.687. The molecule has 23 heavy (non-hydrogen) atoms. The molecule has 2 rings (SSSR count). The second-order valence-electron chi connectivity index (χ2n) is 6.27. The third-order valence-corrected chi connectivity index (χ3v) is 4.59. The van der Waals surface area contributed by atoms with E-state index in [2.05, 4.69) is 20.0 Å². The predicted molar refractivity (Wildman–Crippen MR) is 91.0 cm³/mol. The van der Waals surface area contributed by atoms with E-state index in [0.717, 1.165) is 5.56 Å². The first-order chi connectivity index (χ1) is 10.6. The first kappa shape index (κ1) is 17.2. The number of rotatable bonds is 4. The molecule has 4 N–H and O–H groups in total. The molecule has 124 valence electrons. The zero-order valence-corrected chi connectivity index (χ0v) is 14.4. The van der Waals surface area contributed by atoms with Gasteiger partial charge in [-0.3, -0.25) is 0 Å². The number of aromatic nitrogens is 2. The highest BCUT2D eigenvalue weighted by molar-refractivity contribution is 7.89. The smallest absolute Gasteiger partial charge is 0.241 e. The maximum atomic E-state index is 12.4. The molecule has 7 nitrogen and oxygen atoms in total. The summed E-state index contributed by atoms with van der Waals surface area (Å²) >= 11 is 0. The molecule has 0 aliphatic heterocycles. The van der Waals surface area contributed by atoms with Gasteiger partial charge in [0.25, 0.3) is 0 Å². The van der Waals surface area contributed by atoms with Crippen molar-refractivity contribution in [2.75, 3.05) is 11.1 Å². The molecule has 0 unspecified atom stereocenters. The summed E-state index contributed by atoms with van der Waals surface area (Å²) in [5.41, 5.74) is 6.43. The van der Waals surface area contributed by atoms with Gasteiger partial charge in [0.15, 0.2) is 0 Å². The number of nitrogens with two attached hydrogens (primary N) is 1. The summed E-state index contributed by atoms with van der Waals surface area (Å²) in [7, 11) is -3.60. The van der Waals surface area contributed by atoms with Crippen LogP contribution in [0.2, 0.25) is 0 Å². The van der Waals surface area contributed by atoms with Gasteiger partial charge in [-0.1, -0.05) is 6.07 Å². The van der Waals surface area contributed by atoms with E-state index in [-0.39, 0.29) is 10.8 Å². The van der Waals surface area contributed by atoms with Crippen LogP contribution in [0, 0.1) is 6.92 Å². The molecule has 0 aliphatic carbocycles. The molecule has 0 amide bonds. The maximum Gasteiger partial charge on any atom is 0.241 e. The van der Waals surface area contributed by atoms with Gasteiger partial charge in [0, 0.05) is 23.0 Å². The van der Waals surface area contributed by atoms with Crippen molar-refractivity contribution in [2.24, 2.45) is 0 Å². The third kappa shape index (κ3) is 4.64. The summed E-state index contributed by atoms with van der Waals surface area (Å²) in [6, 6.07) is 6.51. The van der Waals surface area contributed by atoms with Crippen LogP contribution in [-0.2, 0) is 10.0 Å². The number of sulfonamides is 1. The van der Waals surface area contributed by atoms with E-state index in [1.165, 1.54) is 0 Å². The topological polar surface area (TPSA) is 110 Å². The normalized spacial score (nSPS) is 12.2. The Labute approximate surface area is 136 Å². The fraction of sp³-hybridized carbons (Fsp3) is 0.333. The molecule has 1 aromatic heterocycles. The molecule has 0 atom stereocenters. The maximum absolute atomic E-state index is 12.4. The van der Waals surface area contributed by atoms with E-state index < -0.39 is 15.6 Å². The van der Waals surface area contributed by atoms with Crippen LogP contribution in [0.3, 0.4) is 0 Å². The van der Waals surface area contributed by atoms with Gasteiger partial charge in [-0.15, -0.1) is 0 Å². The summed E-state index contributed by atoms with van der Waals surface area (Å²) < 4.78 is 27.4. The highest BCUT2D eigenvalue weighted by atomic mass is 32.2. The second kappa shape index (κ2) is 6.13. The summed E-state index contributed by atoms with van der Waals surface area (Å²) in [4.78, 5) is 8.19. The molecule has 0 spiro atoms. The minimum atomic E-state index is -3.60. The average Bonchev–Trinajstić information content (AvgIpc) is 2.41. The Morgan fingerprint density at radius 1 is 1.22 bits per heavy atom. The summed E-state index contributed by atoms with van der Waals surface area (Å²) in [5, 5.41) is 3.07. The van der Waals surface area contributed by atoms with Crippen molar-refractivity contribution in [1.82, 2.24) is 14.7 Å². The van der Waals surface area contributed by atoms with Gasteiger partial charge in [0.05, 0.1) is 4.90 Å². The van der Waals surface area contributed by atoms with E-state index in [9.17, 15) is 8.42 Å². The van der Waals surface area contributed by atoms with Gasteiger partial charge >= 0.3 is 0 Å². The average molecular weight is 335 g/mol. The monoisotopic (exact) mass is 335 g/mol. The minimum absolute atomic E-state index is 0.149. The van der Waals surface area contributed by atoms with E-state index in [0.29, 0.717) is 11.5 Å². The van der Waals surface area contributed by atoms with Gasteiger partial charge in [-0.05, 0) is 45.9 Å². The van der Waals surface area contributed by atoms with E-state index in [1.54, 1.807) is 51.2 Å². The largest absolute Gasteiger partial charge is 0.368 e. The van der Waals surface area contributed by atoms with Crippen LogP contribution >= 0.6 is 0 Å². The molecule has 0 saturated carbocycles. The van der Waals surface area contributed by atoms with Gasteiger partial charge in [0.2, 0.25) is 16.0 Å². The first-order valence-electron chi connectivity index (χ1n) is 7.07. The van der Waals surface area contributed by atoms with Crippen molar-refractivity contribution < 1.29 is 8.42 Å². The van der Waals surface area contributed by atoms with Crippen LogP contribution in [0.15, 0.2) is 35.4 Å². The molecule has 2 aromatic rings. The Kier molecular flexibility index (Phi) is 4.58. The lowest BCUT2D eigenvalue weighted by molar-refractivity contribution is 0.491. The number of nitrogens with zero attached hydrogens (tertiary/aromatic N) is 2. The lowest BCUT2D eigenvalue weighted by atomic mass is 10.1. The number of aryl methyl sites for hydroxylation is 1. The molecule has 8 heteroatoms. The van der Waals surface area contributed by atoms with Crippen molar-refractivity contribution in [3.8, 4) is 0 Å². The standard InChI is InChI=1S/C15H21N5O2S/c1-10-9-17-14(16)19-13(10)18-11-6-5-7-12(8-11)23(21,22)20-15(2,3)4/h5-9,20H,1-4H3,(H3,16,17,18,19). The van der Waals surface area contributed by atoms with E-state index in [1.807, 2.05) is 6.92 Å². The van der Waals surface area contributed by atoms with Crippen LogP contribution in [0.1, 0.15) is 26.3 Å². The Balaban J connectivity index is 2.32. The van der Waals surface area contributed by atoms with Crippen LogP contribution in [-0.4, -0.2) is 23.9 Å². The Morgan fingerprint density at radius 3 is 2.57 bits per heavy atom. The molecular formula is C15H21N5O2S. The second-order valence-corrected chi connectivity index (χ2v) is 7.95. The summed E-state index contributed by atoms with van der Waals surface area (Å²) in [6.07, 6.45) is 1.60. The zero-order valence-electron chi connectivity index (χ0n) is 13.6. The van der Waals surface area contributed by atoms with Crippen LogP contribution < -0.4 is 15.8 Å².